The van der Waals surface area contributed by atoms with Gasteiger partial charge in [-0.2, -0.15) is 4.98 Å². The van der Waals surface area contributed by atoms with Gasteiger partial charge in [0.05, 0.1) is 6.04 Å². The number of hydrogen-bond acceptors (Lipinski definition) is 4. The van der Waals surface area contributed by atoms with Crippen LogP contribution in [0.1, 0.15) is 51.7 Å². The first-order valence-corrected chi connectivity index (χ1v) is 7.27. The fraction of sp³-hybridized carbons (Fsp3) is 0.667. The van der Waals surface area contributed by atoms with E-state index in [2.05, 4.69) is 26.7 Å². The molecule has 2 N–H and O–H groups in total. The van der Waals surface area contributed by atoms with Gasteiger partial charge < -0.3 is 15.2 Å². The van der Waals surface area contributed by atoms with Gasteiger partial charge in [-0.25, -0.2) is 4.79 Å². The Morgan fingerprint density at radius 3 is 2.62 bits per heavy atom. The Kier molecular flexibility index (Phi) is 6.73. The van der Waals surface area contributed by atoms with Crippen LogP contribution in [0.5, 0.6) is 0 Å². The number of urea groups is 1. The summed E-state index contributed by atoms with van der Waals surface area (Å²) in [5.74, 6) is 4.33. The average Bonchev–Trinajstić information content (AvgIpc) is 2.89. The fourth-order valence-corrected chi connectivity index (χ4v) is 1.64. The van der Waals surface area contributed by atoms with Crippen LogP contribution in [0.3, 0.4) is 0 Å². The summed E-state index contributed by atoms with van der Waals surface area (Å²) in [6.07, 6.45) is 6.73. The molecule has 1 aromatic heterocycles. The minimum Gasteiger partial charge on any atom is -0.339 e. The summed E-state index contributed by atoms with van der Waals surface area (Å²) in [5.41, 5.74) is 0. The molecule has 6 heteroatoms. The van der Waals surface area contributed by atoms with Crippen LogP contribution in [-0.4, -0.2) is 28.8 Å². The quantitative estimate of drug-likeness (QED) is 0.595. The van der Waals surface area contributed by atoms with Gasteiger partial charge in [-0.3, -0.25) is 0 Å². The average molecular weight is 292 g/mol. The molecule has 116 valence electrons. The van der Waals surface area contributed by atoms with Gasteiger partial charge in [0.15, 0.2) is 5.82 Å². The molecule has 0 aliphatic rings. The largest absolute Gasteiger partial charge is 0.339 e. The van der Waals surface area contributed by atoms with Crippen LogP contribution in [0.25, 0.3) is 0 Å². The summed E-state index contributed by atoms with van der Waals surface area (Å²) in [6.45, 7) is 8.48. The number of terminal acetylenes is 1. The third-order valence-corrected chi connectivity index (χ3v) is 2.99. The molecule has 1 heterocycles. The zero-order valence-corrected chi connectivity index (χ0v) is 13.1. The number of hydrogen-bond donors (Lipinski definition) is 2. The lowest BCUT2D eigenvalue weighted by Gasteiger charge is -2.16. The Morgan fingerprint density at radius 2 is 2.10 bits per heavy atom. The molecule has 1 aromatic rings. The third-order valence-electron chi connectivity index (χ3n) is 2.99. The number of aryl methyl sites for hydroxylation is 1. The second-order valence-corrected chi connectivity index (χ2v) is 5.59. The zero-order chi connectivity index (χ0) is 15.8. The molecule has 1 rings (SSSR count). The molecule has 1 atom stereocenters. The molecule has 0 aromatic carbocycles. The Hall–Kier alpha value is -2.03. The summed E-state index contributed by atoms with van der Waals surface area (Å²) in [5, 5.41) is 9.40. The Labute approximate surface area is 126 Å². The van der Waals surface area contributed by atoms with Gasteiger partial charge in [-0.1, -0.05) is 38.8 Å². The van der Waals surface area contributed by atoms with Crippen molar-refractivity contribution in [1.82, 2.24) is 20.8 Å². The van der Waals surface area contributed by atoms with E-state index in [0.29, 0.717) is 24.7 Å². The summed E-state index contributed by atoms with van der Waals surface area (Å²) in [6, 6.07) is -0.505. The second kappa shape index (κ2) is 8.30. The van der Waals surface area contributed by atoms with E-state index in [-0.39, 0.29) is 23.9 Å². The van der Waals surface area contributed by atoms with Crippen LogP contribution < -0.4 is 10.6 Å². The molecule has 0 aliphatic heterocycles. The number of aromatic nitrogens is 2. The van der Waals surface area contributed by atoms with Crippen molar-refractivity contribution in [3.63, 3.8) is 0 Å². The van der Waals surface area contributed by atoms with Crippen molar-refractivity contribution in [2.45, 2.75) is 52.5 Å². The first kappa shape index (κ1) is 17.0. The van der Waals surface area contributed by atoms with Gasteiger partial charge >= 0.3 is 6.03 Å². The summed E-state index contributed by atoms with van der Waals surface area (Å²) in [4.78, 5) is 15.9. The van der Waals surface area contributed by atoms with Crippen LogP contribution in [0.4, 0.5) is 4.79 Å². The van der Waals surface area contributed by atoms with Crippen molar-refractivity contribution in [1.29, 1.82) is 0 Å². The van der Waals surface area contributed by atoms with Crippen LogP contribution in [-0.2, 0) is 6.42 Å². The van der Waals surface area contributed by atoms with Gasteiger partial charge in [0.2, 0.25) is 5.89 Å². The SMILES string of the molecule is C#C[C@@H](NC(=O)NCCCc1nc(C(C)C)no1)C(C)C. The normalized spacial score (nSPS) is 12.2. The number of nitrogens with zero attached hydrogens (tertiary/aromatic N) is 2. The fourth-order valence-electron chi connectivity index (χ4n) is 1.64. The monoisotopic (exact) mass is 292 g/mol. The van der Waals surface area contributed by atoms with E-state index in [1.807, 2.05) is 27.7 Å². The number of amides is 2. The standard InChI is InChI=1S/C15H24N4O2/c1-6-12(10(2)3)17-15(20)16-9-7-8-13-18-14(11(4)5)19-21-13/h1,10-12H,7-9H2,2-5H3,(H2,16,17,20)/t12-/m1/s1. The van der Waals surface area contributed by atoms with E-state index >= 15 is 0 Å². The number of carbonyl (C=O) groups is 1. The molecule has 2 amide bonds. The maximum atomic E-state index is 11.7. The van der Waals surface area contributed by atoms with Crippen molar-refractivity contribution >= 4 is 6.03 Å². The Bertz CT molecular complexity index is 488. The lowest BCUT2D eigenvalue weighted by atomic mass is 10.1. The van der Waals surface area contributed by atoms with Crippen molar-refractivity contribution in [3.05, 3.63) is 11.7 Å². The highest BCUT2D eigenvalue weighted by atomic mass is 16.5. The molecule has 0 radical (unpaired) electrons. The molecule has 0 spiro atoms. The molecule has 0 saturated carbocycles. The number of nitrogens with one attached hydrogen (secondary N) is 2. The highest BCUT2D eigenvalue weighted by Gasteiger charge is 2.13. The maximum absolute atomic E-state index is 11.7. The second-order valence-electron chi connectivity index (χ2n) is 5.59. The van der Waals surface area contributed by atoms with Gasteiger partial charge in [0.25, 0.3) is 0 Å². The predicted octanol–water partition coefficient (Wildman–Crippen LogP) is 2.08. The van der Waals surface area contributed by atoms with E-state index < -0.39 is 0 Å². The highest BCUT2D eigenvalue weighted by Crippen LogP contribution is 2.10. The first-order valence-electron chi connectivity index (χ1n) is 7.27. The first-order chi connectivity index (χ1) is 9.93. The molecule has 6 nitrogen and oxygen atoms in total. The van der Waals surface area contributed by atoms with Gasteiger partial charge in [0.1, 0.15) is 0 Å². The van der Waals surface area contributed by atoms with Crippen molar-refractivity contribution in [3.8, 4) is 12.3 Å². The van der Waals surface area contributed by atoms with E-state index in [1.54, 1.807) is 0 Å². The summed E-state index contributed by atoms with van der Waals surface area (Å²) < 4.78 is 5.13. The van der Waals surface area contributed by atoms with E-state index in [1.165, 1.54) is 0 Å². The predicted molar refractivity (Wildman–Crippen MR) is 80.7 cm³/mol. The molecule has 21 heavy (non-hydrogen) atoms. The molecular weight excluding hydrogens is 268 g/mol. The summed E-state index contributed by atoms with van der Waals surface area (Å²) >= 11 is 0. The van der Waals surface area contributed by atoms with E-state index in [4.69, 9.17) is 10.9 Å². The number of rotatable bonds is 7. The molecule has 0 bridgehead atoms. The zero-order valence-electron chi connectivity index (χ0n) is 13.1. The van der Waals surface area contributed by atoms with Gasteiger partial charge in [0, 0.05) is 18.9 Å². The molecular formula is C15H24N4O2. The molecule has 0 saturated heterocycles. The molecule has 0 aliphatic carbocycles. The maximum Gasteiger partial charge on any atom is 0.315 e. The number of carbonyl (C=O) groups excluding carboxylic acids is 1. The Morgan fingerprint density at radius 1 is 1.38 bits per heavy atom. The van der Waals surface area contributed by atoms with Crippen molar-refractivity contribution in [2.75, 3.05) is 6.54 Å². The van der Waals surface area contributed by atoms with Crippen LogP contribution in [0.15, 0.2) is 4.52 Å². The summed E-state index contributed by atoms with van der Waals surface area (Å²) in [7, 11) is 0. The minimum atomic E-state index is -0.255. The highest BCUT2D eigenvalue weighted by molar-refractivity contribution is 5.74. The van der Waals surface area contributed by atoms with Crippen molar-refractivity contribution in [2.24, 2.45) is 5.92 Å². The van der Waals surface area contributed by atoms with Crippen molar-refractivity contribution < 1.29 is 9.32 Å². The minimum absolute atomic E-state index is 0.202. The molecule has 0 fully saturated rings. The smallest absolute Gasteiger partial charge is 0.315 e. The van der Waals surface area contributed by atoms with Crippen LogP contribution in [0.2, 0.25) is 0 Å². The van der Waals surface area contributed by atoms with E-state index in [0.717, 1.165) is 6.42 Å². The van der Waals surface area contributed by atoms with Gasteiger partial charge in [-0.15, -0.1) is 6.42 Å². The van der Waals surface area contributed by atoms with Crippen LogP contribution in [0, 0.1) is 18.3 Å². The third kappa shape index (κ3) is 5.86. The topological polar surface area (TPSA) is 80.0 Å². The van der Waals surface area contributed by atoms with Gasteiger partial charge in [-0.05, 0) is 12.3 Å². The van der Waals surface area contributed by atoms with E-state index in [9.17, 15) is 4.79 Å². The van der Waals surface area contributed by atoms with Crippen LogP contribution >= 0.6 is 0 Å². The lowest BCUT2D eigenvalue weighted by molar-refractivity contribution is 0.236. The lowest BCUT2D eigenvalue weighted by Crippen LogP contribution is -2.44. The molecule has 0 unspecified atom stereocenters. The Balaban J connectivity index is 2.24.